The number of rotatable bonds is 3. The lowest BCUT2D eigenvalue weighted by Gasteiger charge is -2.33. The lowest BCUT2D eigenvalue weighted by Crippen LogP contribution is -2.45. The Kier molecular flexibility index (Phi) is 3.80. The van der Waals surface area contributed by atoms with Crippen LogP contribution in [0.5, 0.6) is 0 Å². The third-order valence-electron chi connectivity index (χ3n) is 5.78. The fourth-order valence-corrected chi connectivity index (χ4v) is 4.30. The molecule has 132 valence electrons. The topological polar surface area (TPSA) is 71.8 Å². The highest BCUT2D eigenvalue weighted by Crippen LogP contribution is 2.43. The maximum Gasteiger partial charge on any atom is 0.311 e. The van der Waals surface area contributed by atoms with Crippen LogP contribution >= 0.6 is 0 Å². The number of likely N-dealkylation sites (tertiary alicyclic amines) is 1. The van der Waals surface area contributed by atoms with E-state index in [1.54, 1.807) is 4.90 Å². The molecule has 0 saturated carbocycles. The summed E-state index contributed by atoms with van der Waals surface area (Å²) >= 11 is 0. The van der Waals surface area contributed by atoms with Gasteiger partial charge in [-0.25, -0.2) is 0 Å². The van der Waals surface area contributed by atoms with E-state index in [9.17, 15) is 14.7 Å². The molecule has 6 heteroatoms. The standard InChI is InChI=1S/C19H22N2O4/c1-2-20-10-15(14-5-3-4-6-16(14)20)17(22)21-9-13-11-25-8-7-19(13,12-21)18(23)24/h3-6,10,13H,2,7-9,11-12H2,1H3,(H,23,24)/t13-,19+/m0/s1. The van der Waals surface area contributed by atoms with Crippen molar-refractivity contribution in [2.45, 2.75) is 19.9 Å². The molecule has 0 bridgehead atoms. The van der Waals surface area contributed by atoms with Crippen molar-refractivity contribution in [1.82, 2.24) is 9.47 Å². The molecule has 0 spiro atoms. The van der Waals surface area contributed by atoms with Crippen LogP contribution in [0.2, 0.25) is 0 Å². The zero-order valence-corrected chi connectivity index (χ0v) is 14.3. The van der Waals surface area contributed by atoms with Crippen LogP contribution in [0, 0.1) is 11.3 Å². The summed E-state index contributed by atoms with van der Waals surface area (Å²) in [6.07, 6.45) is 2.35. The first kappa shape index (κ1) is 16.1. The lowest BCUT2D eigenvalue weighted by molar-refractivity contribution is -0.157. The summed E-state index contributed by atoms with van der Waals surface area (Å²) in [4.78, 5) is 26.8. The summed E-state index contributed by atoms with van der Waals surface area (Å²) in [7, 11) is 0. The third kappa shape index (κ3) is 2.35. The highest BCUT2D eigenvalue weighted by atomic mass is 16.5. The number of fused-ring (bicyclic) bond motifs is 2. The van der Waals surface area contributed by atoms with Crippen molar-refractivity contribution in [2.75, 3.05) is 26.3 Å². The fourth-order valence-electron chi connectivity index (χ4n) is 4.30. The van der Waals surface area contributed by atoms with E-state index in [0.29, 0.717) is 31.7 Å². The van der Waals surface area contributed by atoms with Gasteiger partial charge in [-0.3, -0.25) is 9.59 Å². The van der Waals surface area contributed by atoms with Crippen LogP contribution in [0.25, 0.3) is 10.9 Å². The van der Waals surface area contributed by atoms with Gasteiger partial charge in [-0.1, -0.05) is 18.2 Å². The van der Waals surface area contributed by atoms with Gasteiger partial charge in [-0.05, 0) is 19.4 Å². The molecule has 1 amide bonds. The first-order valence-corrected chi connectivity index (χ1v) is 8.75. The number of aromatic nitrogens is 1. The molecule has 4 rings (SSSR count). The molecule has 1 N–H and O–H groups in total. The Morgan fingerprint density at radius 3 is 2.88 bits per heavy atom. The molecule has 6 nitrogen and oxygen atoms in total. The van der Waals surface area contributed by atoms with Crippen molar-refractivity contribution in [2.24, 2.45) is 11.3 Å². The van der Waals surface area contributed by atoms with E-state index in [1.807, 2.05) is 37.4 Å². The Bertz CT molecular complexity index is 843. The minimum absolute atomic E-state index is 0.0848. The average Bonchev–Trinajstić information content (AvgIpc) is 3.20. The van der Waals surface area contributed by atoms with Gasteiger partial charge in [0.1, 0.15) is 0 Å². The number of nitrogens with zero attached hydrogens (tertiary/aromatic N) is 2. The molecule has 25 heavy (non-hydrogen) atoms. The second kappa shape index (κ2) is 5.88. The normalized spacial score (nSPS) is 26.0. The number of hydrogen-bond acceptors (Lipinski definition) is 3. The SMILES string of the molecule is CCn1cc(C(=O)N2C[C@H]3COCC[C@@]3(C(=O)O)C2)c2ccccc21. The minimum atomic E-state index is -0.864. The molecule has 2 atom stereocenters. The molecular formula is C19H22N2O4. The summed E-state index contributed by atoms with van der Waals surface area (Å²) in [6.45, 7) is 4.38. The van der Waals surface area contributed by atoms with Gasteiger partial charge in [0.2, 0.25) is 0 Å². The van der Waals surface area contributed by atoms with Crippen molar-refractivity contribution in [3.8, 4) is 0 Å². The maximum absolute atomic E-state index is 13.2. The van der Waals surface area contributed by atoms with E-state index >= 15 is 0 Å². The van der Waals surface area contributed by atoms with Crippen LogP contribution in [0.1, 0.15) is 23.7 Å². The van der Waals surface area contributed by atoms with E-state index in [1.165, 1.54) is 0 Å². The Morgan fingerprint density at radius 1 is 1.36 bits per heavy atom. The van der Waals surface area contributed by atoms with Crippen LogP contribution < -0.4 is 0 Å². The number of amides is 1. The second-order valence-electron chi connectivity index (χ2n) is 7.01. The van der Waals surface area contributed by atoms with Gasteiger partial charge >= 0.3 is 5.97 Å². The molecule has 2 fully saturated rings. The number of carboxylic acid groups (broad SMARTS) is 1. The van der Waals surface area contributed by atoms with Crippen LogP contribution in [0.4, 0.5) is 0 Å². The van der Waals surface area contributed by atoms with Gasteiger partial charge in [0, 0.05) is 49.3 Å². The van der Waals surface area contributed by atoms with Gasteiger partial charge < -0.3 is 19.3 Å². The quantitative estimate of drug-likeness (QED) is 0.928. The zero-order chi connectivity index (χ0) is 17.6. The number of ether oxygens (including phenoxy) is 1. The van der Waals surface area contributed by atoms with E-state index in [2.05, 4.69) is 4.57 Å². The Morgan fingerprint density at radius 2 is 2.16 bits per heavy atom. The summed E-state index contributed by atoms with van der Waals surface area (Å²) < 4.78 is 7.54. The molecule has 1 aromatic heterocycles. The largest absolute Gasteiger partial charge is 0.481 e. The number of carbonyl (C=O) groups excluding carboxylic acids is 1. The number of aliphatic carboxylic acids is 1. The number of hydrogen-bond donors (Lipinski definition) is 1. The Labute approximate surface area is 146 Å². The smallest absolute Gasteiger partial charge is 0.311 e. The van der Waals surface area contributed by atoms with Crippen LogP contribution in [-0.4, -0.2) is 52.8 Å². The number of para-hydroxylation sites is 1. The summed E-state index contributed by atoms with van der Waals surface area (Å²) in [5.74, 6) is -1.03. The average molecular weight is 342 g/mol. The van der Waals surface area contributed by atoms with E-state index in [4.69, 9.17) is 4.74 Å². The fraction of sp³-hybridized carbons (Fsp3) is 0.474. The highest BCUT2D eigenvalue weighted by molar-refractivity contribution is 6.07. The molecule has 0 unspecified atom stereocenters. The molecule has 2 saturated heterocycles. The van der Waals surface area contributed by atoms with Gasteiger partial charge in [0.15, 0.2) is 0 Å². The van der Waals surface area contributed by atoms with E-state index in [-0.39, 0.29) is 18.4 Å². The summed E-state index contributed by atoms with van der Waals surface area (Å²) in [5.41, 5.74) is 0.815. The predicted octanol–water partition coefficient (Wildman–Crippen LogP) is 2.22. The minimum Gasteiger partial charge on any atom is -0.481 e. The zero-order valence-electron chi connectivity index (χ0n) is 14.3. The number of carboxylic acids is 1. The monoisotopic (exact) mass is 342 g/mol. The summed E-state index contributed by atoms with van der Waals surface area (Å²) in [6, 6.07) is 7.85. The molecule has 3 heterocycles. The molecule has 0 aliphatic carbocycles. The molecule has 2 aliphatic heterocycles. The first-order chi connectivity index (χ1) is 12.1. The number of aryl methyl sites for hydroxylation is 1. The van der Waals surface area contributed by atoms with Crippen molar-refractivity contribution in [3.05, 3.63) is 36.0 Å². The number of carbonyl (C=O) groups is 2. The maximum atomic E-state index is 13.2. The van der Waals surface area contributed by atoms with Crippen LogP contribution in [-0.2, 0) is 16.1 Å². The van der Waals surface area contributed by atoms with Crippen molar-refractivity contribution in [1.29, 1.82) is 0 Å². The first-order valence-electron chi connectivity index (χ1n) is 8.75. The Balaban J connectivity index is 1.70. The van der Waals surface area contributed by atoms with Crippen molar-refractivity contribution < 1.29 is 19.4 Å². The van der Waals surface area contributed by atoms with E-state index < -0.39 is 11.4 Å². The van der Waals surface area contributed by atoms with Gasteiger partial charge in [0.05, 0.1) is 17.6 Å². The predicted molar refractivity (Wildman–Crippen MR) is 92.5 cm³/mol. The second-order valence-corrected chi connectivity index (χ2v) is 7.01. The molecule has 0 radical (unpaired) electrons. The van der Waals surface area contributed by atoms with Crippen LogP contribution in [0.3, 0.4) is 0 Å². The van der Waals surface area contributed by atoms with Crippen LogP contribution in [0.15, 0.2) is 30.5 Å². The van der Waals surface area contributed by atoms with Gasteiger partial charge in [-0.15, -0.1) is 0 Å². The van der Waals surface area contributed by atoms with E-state index in [0.717, 1.165) is 17.4 Å². The molecule has 2 aromatic rings. The highest BCUT2D eigenvalue weighted by Gasteiger charge is 2.55. The van der Waals surface area contributed by atoms with Crippen molar-refractivity contribution in [3.63, 3.8) is 0 Å². The number of benzene rings is 1. The summed E-state index contributed by atoms with van der Waals surface area (Å²) in [5, 5.41) is 10.7. The third-order valence-corrected chi connectivity index (χ3v) is 5.78. The Hall–Kier alpha value is -2.34. The molecular weight excluding hydrogens is 320 g/mol. The van der Waals surface area contributed by atoms with Gasteiger partial charge in [-0.2, -0.15) is 0 Å². The molecule has 1 aromatic carbocycles. The van der Waals surface area contributed by atoms with Gasteiger partial charge in [0.25, 0.3) is 5.91 Å². The van der Waals surface area contributed by atoms with Crippen molar-refractivity contribution >= 4 is 22.8 Å². The lowest BCUT2D eigenvalue weighted by atomic mass is 9.74. The molecule has 2 aliphatic rings.